The van der Waals surface area contributed by atoms with Crippen LogP contribution in [0.15, 0.2) is 24.3 Å². The number of anilines is 2. The summed E-state index contributed by atoms with van der Waals surface area (Å²) in [6.07, 6.45) is -0.437. The van der Waals surface area contributed by atoms with E-state index in [-0.39, 0.29) is 5.91 Å². The first-order valence-corrected chi connectivity index (χ1v) is 5.15. The maximum Gasteiger partial charge on any atom is 0.253 e. The zero-order valence-electron chi connectivity index (χ0n) is 10.2. The summed E-state index contributed by atoms with van der Waals surface area (Å²) in [5, 5.41) is 2.78. The van der Waals surface area contributed by atoms with Crippen molar-refractivity contribution in [2.45, 2.75) is 13.0 Å². The van der Waals surface area contributed by atoms with Crippen LogP contribution in [0.1, 0.15) is 6.92 Å². The number of carbonyl (C=O) groups excluding carboxylic acids is 1. The maximum absolute atomic E-state index is 11.5. The zero-order chi connectivity index (χ0) is 12.1. The Labute approximate surface area is 96.2 Å². The van der Waals surface area contributed by atoms with Crippen molar-refractivity contribution in [3.63, 3.8) is 0 Å². The van der Waals surface area contributed by atoms with Gasteiger partial charge in [0.05, 0.1) is 0 Å². The third-order valence-corrected chi connectivity index (χ3v) is 2.37. The summed E-state index contributed by atoms with van der Waals surface area (Å²) < 4.78 is 4.93. The Bertz CT molecular complexity index is 347. The van der Waals surface area contributed by atoms with E-state index in [0.717, 1.165) is 11.4 Å². The topological polar surface area (TPSA) is 41.6 Å². The van der Waals surface area contributed by atoms with Crippen LogP contribution < -0.4 is 10.2 Å². The lowest BCUT2D eigenvalue weighted by Gasteiger charge is -2.14. The summed E-state index contributed by atoms with van der Waals surface area (Å²) in [5.74, 6) is -0.139. The maximum atomic E-state index is 11.5. The van der Waals surface area contributed by atoms with Gasteiger partial charge < -0.3 is 15.0 Å². The molecule has 0 spiro atoms. The van der Waals surface area contributed by atoms with Gasteiger partial charge in [0, 0.05) is 32.6 Å². The number of nitrogens with one attached hydrogen (secondary N) is 1. The van der Waals surface area contributed by atoms with Gasteiger partial charge in [-0.3, -0.25) is 4.79 Å². The second kappa shape index (κ2) is 5.51. The van der Waals surface area contributed by atoms with E-state index in [1.807, 2.05) is 43.3 Å². The van der Waals surface area contributed by atoms with Gasteiger partial charge in [-0.2, -0.15) is 0 Å². The fourth-order valence-corrected chi connectivity index (χ4v) is 1.19. The van der Waals surface area contributed by atoms with Gasteiger partial charge in [-0.25, -0.2) is 0 Å². The van der Waals surface area contributed by atoms with Gasteiger partial charge in [0.25, 0.3) is 5.91 Å². The molecule has 4 nitrogen and oxygen atoms in total. The molecule has 1 aromatic carbocycles. The van der Waals surface area contributed by atoms with Crippen LogP contribution in [0.4, 0.5) is 11.4 Å². The summed E-state index contributed by atoms with van der Waals surface area (Å²) in [7, 11) is 5.46. The van der Waals surface area contributed by atoms with E-state index in [4.69, 9.17) is 4.74 Å². The van der Waals surface area contributed by atoms with Crippen LogP contribution in [0.25, 0.3) is 0 Å². The second-order valence-electron chi connectivity index (χ2n) is 3.81. The van der Waals surface area contributed by atoms with Gasteiger partial charge in [0.2, 0.25) is 0 Å². The van der Waals surface area contributed by atoms with Crippen molar-refractivity contribution in [3.05, 3.63) is 24.3 Å². The second-order valence-corrected chi connectivity index (χ2v) is 3.81. The zero-order valence-corrected chi connectivity index (χ0v) is 10.2. The third-order valence-electron chi connectivity index (χ3n) is 2.37. The van der Waals surface area contributed by atoms with Crippen molar-refractivity contribution >= 4 is 17.3 Å². The largest absolute Gasteiger partial charge is 0.378 e. The Morgan fingerprint density at radius 3 is 2.31 bits per heavy atom. The normalized spacial score (nSPS) is 12.0. The molecule has 0 saturated heterocycles. The fraction of sp³-hybridized carbons (Fsp3) is 0.417. The van der Waals surface area contributed by atoms with Crippen LogP contribution >= 0.6 is 0 Å². The van der Waals surface area contributed by atoms with Crippen LogP contribution in [0.3, 0.4) is 0 Å². The van der Waals surface area contributed by atoms with Crippen LogP contribution in [-0.4, -0.2) is 33.2 Å². The van der Waals surface area contributed by atoms with Crippen molar-refractivity contribution in [1.29, 1.82) is 0 Å². The van der Waals surface area contributed by atoms with E-state index in [9.17, 15) is 4.79 Å². The summed E-state index contributed by atoms with van der Waals surface area (Å²) in [6.45, 7) is 1.71. The number of carbonyl (C=O) groups is 1. The van der Waals surface area contributed by atoms with Crippen LogP contribution in [0, 0.1) is 0 Å². The van der Waals surface area contributed by atoms with E-state index in [0.29, 0.717) is 0 Å². The van der Waals surface area contributed by atoms with Crippen LogP contribution in [0.2, 0.25) is 0 Å². The lowest BCUT2D eigenvalue weighted by atomic mass is 10.2. The summed E-state index contributed by atoms with van der Waals surface area (Å²) in [5.41, 5.74) is 1.87. The SMILES string of the molecule is COC(C)C(=O)Nc1ccc(N(C)C)cc1. The predicted octanol–water partition coefficient (Wildman–Crippen LogP) is 1.73. The molecule has 0 aromatic heterocycles. The third kappa shape index (κ3) is 3.24. The quantitative estimate of drug-likeness (QED) is 0.843. The molecule has 88 valence electrons. The molecule has 0 bridgehead atoms. The van der Waals surface area contributed by atoms with Gasteiger partial charge in [0.15, 0.2) is 0 Å². The van der Waals surface area contributed by atoms with Gasteiger partial charge in [-0.15, -0.1) is 0 Å². The first kappa shape index (κ1) is 12.5. The molecular formula is C12H18N2O2. The minimum absolute atomic E-state index is 0.139. The van der Waals surface area contributed by atoms with E-state index in [1.54, 1.807) is 6.92 Å². The molecule has 0 aliphatic carbocycles. The van der Waals surface area contributed by atoms with Gasteiger partial charge >= 0.3 is 0 Å². The highest BCUT2D eigenvalue weighted by Gasteiger charge is 2.11. The van der Waals surface area contributed by atoms with Crippen molar-refractivity contribution in [3.8, 4) is 0 Å². The molecule has 0 aliphatic rings. The Morgan fingerprint density at radius 1 is 1.31 bits per heavy atom. The van der Waals surface area contributed by atoms with Crippen LogP contribution in [0.5, 0.6) is 0 Å². The summed E-state index contributed by atoms with van der Waals surface area (Å²) in [6, 6.07) is 7.64. The number of amides is 1. The molecule has 1 atom stereocenters. The molecule has 1 amide bonds. The molecule has 1 unspecified atom stereocenters. The van der Waals surface area contributed by atoms with Gasteiger partial charge in [-0.05, 0) is 31.2 Å². The molecule has 0 radical (unpaired) electrons. The molecule has 1 aromatic rings. The molecule has 0 fully saturated rings. The van der Waals surface area contributed by atoms with Crippen molar-refractivity contribution < 1.29 is 9.53 Å². The minimum atomic E-state index is -0.437. The molecule has 1 rings (SSSR count). The molecular weight excluding hydrogens is 204 g/mol. The average molecular weight is 222 g/mol. The molecule has 0 saturated carbocycles. The Morgan fingerprint density at radius 2 is 1.88 bits per heavy atom. The van der Waals surface area contributed by atoms with Gasteiger partial charge in [-0.1, -0.05) is 0 Å². The monoisotopic (exact) mass is 222 g/mol. The van der Waals surface area contributed by atoms with E-state index >= 15 is 0 Å². The number of nitrogens with zero attached hydrogens (tertiary/aromatic N) is 1. The molecule has 0 heterocycles. The summed E-state index contributed by atoms with van der Waals surface area (Å²) in [4.78, 5) is 13.5. The van der Waals surface area contributed by atoms with Crippen molar-refractivity contribution in [1.82, 2.24) is 0 Å². The lowest BCUT2D eigenvalue weighted by Crippen LogP contribution is -2.26. The molecule has 0 aliphatic heterocycles. The molecule has 4 heteroatoms. The van der Waals surface area contributed by atoms with Gasteiger partial charge in [0.1, 0.15) is 6.10 Å². The number of rotatable bonds is 4. The minimum Gasteiger partial charge on any atom is -0.378 e. The number of hydrogen-bond acceptors (Lipinski definition) is 3. The predicted molar refractivity (Wildman–Crippen MR) is 65.9 cm³/mol. The highest BCUT2D eigenvalue weighted by Crippen LogP contribution is 2.15. The number of ether oxygens (including phenoxy) is 1. The number of hydrogen-bond donors (Lipinski definition) is 1. The number of methoxy groups -OCH3 is 1. The summed E-state index contributed by atoms with van der Waals surface area (Å²) >= 11 is 0. The first-order valence-electron chi connectivity index (χ1n) is 5.15. The van der Waals surface area contributed by atoms with Crippen molar-refractivity contribution in [2.75, 3.05) is 31.4 Å². The standard InChI is InChI=1S/C12H18N2O2/c1-9(16-4)12(15)13-10-5-7-11(8-6-10)14(2)3/h5-9H,1-4H3,(H,13,15). The molecule has 16 heavy (non-hydrogen) atoms. The first-order chi connectivity index (χ1) is 7.54. The average Bonchev–Trinajstić information content (AvgIpc) is 2.28. The Hall–Kier alpha value is -1.55. The fourth-order valence-electron chi connectivity index (χ4n) is 1.19. The van der Waals surface area contributed by atoms with E-state index in [2.05, 4.69) is 5.32 Å². The van der Waals surface area contributed by atoms with E-state index in [1.165, 1.54) is 7.11 Å². The van der Waals surface area contributed by atoms with Crippen molar-refractivity contribution in [2.24, 2.45) is 0 Å². The lowest BCUT2D eigenvalue weighted by molar-refractivity contribution is -0.124. The Balaban J connectivity index is 2.65. The smallest absolute Gasteiger partial charge is 0.253 e. The highest BCUT2D eigenvalue weighted by atomic mass is 16.5. The molecule has 1 N–H and O–H groups in total. The highest BCUT2D eigenvalue weighted by molar-refractivity contribution is 5.94. The Kier molecular flexibility index (Phi) is 4.31. The number of benzene rings is 1. The van der Waals surface area contributed by atoms with E-state index < -0.39 is 6.10 Å². The van der Waals surface area contributed by atoms with Crippen LogP contribution in [-0.2, 0) is 9.53 Å².